The minimum absolute atomic E-state index is 0.0931. The van der Waals surface area contributed by atoms with E-state index in [0.29, 0.717) is 31.4 Å². The van der Waals surface area contributed by atoms with Crippen LogP contribution in [0.5, 0.6) is 5.75 Å². The molecule has 6 rings (SSSR count). The number of hydrogen-bond acceptors (Lipinski definition) is 4. The van der Waals surface area contributed by atoms with Crippen molar-refractivity contribution in [3.8, 4) is 5.75 Å². The molecule has 4 atom stereocenters. The number of aromatic nitrogens is 1. The Morgan fingerprint density at radius 3 is 2.55 bits per heavy atom. The Balaban J connectivity index is 1.24. The smallest absolute Gasteiger partial charge is 0.255 e. The zero-order valence-electron chi connectivity index (χ0n) is 24.1. The van der Waals surface area contributed by atoms with Gasteiger partial charge in [0.15, 0.2) is 0 Å². The predicted molar refractivity (Wildman–Crippen MR) is 161 cm³/mol. The lowest BCUT2D eigenvalue weighted by molar-refractivity contribution is -0.133. The highest BCUT2D eigenvalue weighted by Gasteiger charge is 2.49. The molecule has 0 unspecified atom stereocenters. The van der Waals surface area contributed by atoms with Crippen LogP contribution in [0, 0.1) is 5.92 Å². The van der Waals surface area contributed by atoms with E-state index in [1.165, 1.54) is 0 Å². The second kappa shape index (κ2) is 11.4. The number of ether oxygens (including phenoxy) is 1. The maximum absolute atomic E-state index is 14.1. The van der Waals surface area contributed by atoms with Gasteiger partial charge in [-0.25, -0.2) is 0 Å². The first-order valence-corrected chi connectivity index (χ1v) is 14.6. The summed E-state index contributed by atoms with van der Waals surface area (Å²) in [5.74, 6) is -0.00441. The normalized spacial score (nSPS) is 18.5. The molecule has 2 aliphatic rings. The zero-order chi connectivity index (χ0) is 29.4. The fraction of sp³-hybridized carbons (Fsp3) is 0.324. The van der Waals surface area contributed by atoms with Crippen LogP contribution >= 0.6 is 0 Å². The van der Waals surface area contributed by atoms with Gasteiger partial charge in [0.25, 0.3) is 5.91 Å². The van der Waals surface area contributed by atoms with Crippen LogP contribution in [0.3, 0.4) is 0 Å². The Hall–Kier alpha value is -4.59. The summed E-state index contributed by atoms with van der Waals surface area (Å²) in [5.41, 5.74) is 5.56. The highest BCUT2D eigenvalue weighted by Crippen LogP contribution is 2.46. The van der Waals surface area contributed by atoms with Crippen LogP contribution in [0.2, 0.25) is 0 Å². The number of aromatic amines is 1. The van der Waals surface area contributed by atoms with Crippen molar-refractivity contribution in [2.45, 2.75) is 51.2 Å². The number of rotatable bonds is 9. The number of hydrogen-bond donors (Lipinski definition) is 3. The van der Waals surface area contributed by atoms with E-state index in [2.05, 4.69) is 21.7 Å². The summed E-state index contributed by atoms with van der Waals surface area (Å²) in [5, 5.41) is 7.13. The van der Waals surface area contributed by atoms with Gasteiger partial charge >= 0.3 is 0 Å². The molecule has 216 valence electrons. The fourth-order valence-electron chi connectivity index (χ4n) is 6.32. The van der Waals surface area contributed by atoms with Crippen molar-refractivity contribution in [2.24, 2.45) is 5.92 Å². The largest absolute Gasteiger partial charge is 0.497 e. The Kier molecular flexibility index (Phi) is 7.45. The van der Waals surface area contributed by atoms with Crippen LogP contribution in [0.25, 0.3) is 10.9 Å². The van der Waals surface area contributed by atoms with Gasteiger partial charge in [-0.2, -0.15) is 0 Å². The molecule has 0 bridgehead atoms. The fourth-order valence-corrected chi connectivity index (χ4v) is 6.32. The molecule has 0 saturated heterocycles. The molecular formula is C34H36N4O4. The summed E-state index contributed by atoms with van der Waals surface area (Å²) in [6, 6.07) is 21.5. The lowest BCUT2D eigenvalue weighted by Gasteiger charge is -2.38. The van der Waals surface area contributed by atoms with Gasteiger partial charge in [-0.05, 0) is 53.3 Å². The van der Waals surface area contributed by atoms with Crippen molar-refractivity contribution in [2.75, 3.05) is 13.7 Å². The standard InChI is InChI=1S/C34H36N4O4/c1-4-20(2)29(33(40)35-18-17-21-13-15-22(42-3)16-14-21)37-32(39)28-19-26-23-9-7-8-12-27(23)36-30(26)31-24-10-5-6-11-25(24)34(41)38(28)31/h5-16,20,28-29,31,36H,4,17-19H2,1-3H3,(H,35,40)(H,37,39)/t20-,28+,29+,31-/m1/s1. The van der Waals surface area contributed by atoms with Crippen molar-refractivity contribution < 1.29 is 19.1 Å². The molecule has 0 spiro atoms. The van der Waals surface area contributed by atoms with Crippen LogP contribution < -0.4 is 15.4 Å². The second-order valence-electron chi connectivity index (χ2n) is 11.2. The number of carbonyl (C=O) groups is 3. The number of benzene rings is 3. The average Bonchev–Trinajstić information content (AvgIpc) is 3.54. The van der Waals surface area contributed by atoms with E-state index in [1.54, 1.807) is 12.0 Å². The van der Waals surface area contributed by atoms with Crippen molar-refractivity contribution in [1.29, 1.82) is 0 Å². The number of carbonyl (C=O) groups excluding carboxylic acids is 3. The van der Waals surface area contributed by atoms with Gasteiger partial charge in [0, 0.05) is 35.1 Å². The second-order valence-corrected chi connectivity index (χ2v) is 11.2. The summed E-state index contributed by atoms with van der Waals surface area (Å²) in [4.78, 5) is 46.5. The Labute approximate surface area is 245 Å². The molecular weight excluding hydrogens is 528 g/mol. The van der Waals surface area contributed by atoms with E-state index in [-0.39, 0.29) is 29.7 Å². The van der Waals surface area contributed by atoms with Gasteiger partial charge in [0.05, 0.1) is 13.2 Å². The molecule has 0 fully saturated rings. The monoisotopic (exact) mass is 564 g/mol. The molecule has 0 radical (unpaired) electrons. The van der Waals surface area contributed by atoms with Crippen LogP contribution in [0.4, 0.5) is 0 Å². The predicted octanol–water partition coefficient (Wildman–Crippen LogP) is 4.54. The quantitative estimate of drug-likeness (QED) is 0.278. The zero-order valence-corrected chi connectivity index (χ0v) is 24.1. The number of methoxy groups -OCH3 is 1. The molecule has 8 nitrogen and oxygen atoms in total. The summed E-state index contributed by atoms with van der Waals surface area (Å²) in [6.07, 6.45) is 1.74. The maximum atomic E-state index is 14.1. The molecule has 42 heavy (non-hydrogen) atoms. The Bertz CT molecular complexity index is 1640. The maximum Gasteiger partial charge on any atom is 0.255 e. The number of fused-ring (bicyclic) bond motifs is 7. The van der Waals surface area contributed by atoms with Gasteiger partial charge in [0.2, 0.25) is 11.8 Å². The van der Waals surface area contributed by atoms with Gasteiger partial charge in [-0.3, -0.25) is 14.4 Å². The highest BCUT2D eigenvalue weighted by molar-refractivity contribution is 6.04. The highest BCUT2D eigenvalue weighted by atomic mass is 16.5. The molecule has 3 amide bonds. The van der Waals surface area contributed by atoms with E-state index in [1.807, 2.05) is 80.6 Å². The first-order chi connectivity index (χ1) is 20.4. The minimum Gasteiger partial charge on any atom is -0.497 e. The van der Waals surface area contributed by atoms with E-state index < -0.39 is 12.1 Å². The van der Waals surface area contributed by atoms with Crippen molar-refractivity contribution in [1.82, 2.24) is 20.5 Å². The van der Waals surface area contributed by atoms with Gasteiger partial charge in [-0.15, -0.1) is 0 Å². The first kappa shape index (κ1) is 27.6. The van der Waals surface area contributed by atoms with E-state index >= 15 is 0 Å². The minimum atomic E-state index is -0.750. The van der Waals surface area contributed by atoms with Crippen molar-refractivity contribution in [3.63, 3.8) is 0 Å². The van der Waals surface area contributed by atoms with E-state index in [9.17, 15) is 14.4 Å². The first-order valence-electron chi connectivity index (χ1n) is 14.6. The van der Waals surface area contributed by atoms with Crippen LogP contribution in [-0.2, 0) is 22.4 Å². The van der Waals surface area contributed by atoms with E-state index in [4.69, 9.17) is 4.74 Å². The van der Waals surface area contributed by atoms with Crippen molar-refractivity contribution >= 4 is 28.6 Å². The summed E-state index contributed by atoms with van der Waals surface area (Å²) < 4.78 is 5.22. The topological polar surface area (TPSA) is 104 Å². The molecule has 1 aromatic heterocycles. The number of amides is 3. The third kappa shape index (κ3) is 4.81. The Morgan fingerprint density at radius 2 is 1.79 bits per heavy atom. The molecule has 0 saturated carbocycles. The molecule has 0 aliphatic carbocycles. The van der Waals surface area contributed by atoms with Crippen LogP contribution in [0.15, 0.2) is 72.8 Å². The van der Waals surface area contributed by atoms with E-state index in [0.717, 1.165) is 39.0 Å². The molecule has 3 N–H and O–H groups in total. The Morgan fingerprint density at radius 1 is 1.05 bits per heavy atom. The summed E-state index contributed by atoms with van der Waals surface area (Å²) in [7, 11) is 1.63. The van der Waals surface area contributed by atoms with Crippen molar-refractivity contribution in [3.05, 3.63) is 101 Å². The molecule has 2 aliphatic heterocycles. The number of nitrogens with one attached hydrogen (secondary N) is 3. The molecule has 4 aromatic rings. The molecule has 3 aromatic carbocycles. The van der Waals surface area contributed by atoms with Gasteiger partial charge in [-0.1, -0.05) is 68.8 Å². The van der Waals surface area contributed by atoms with Gasteiger partial charge < -0.3 is 25.3 Å². The van der Waals surface area contributed by atoms with Gasteiger partial charge in [0.1, 0.15) is 17.8 Å². The third-order valence-corrected chi connectivity index (χ3v) is 8.82. The lowest BCUT2D eigenvalue weighted by atomic mass is 9.89. The number of nitrogens with zero attached hydrogens (tertiary/aromatic N) is 1. The molecule has 8 heteroatoms. The number of para-hydroxylation sites is 1. The SMILES string of the molecule is CC[C@@H](C)[C@H](NC(=O)[C@@H]1Cc2c([nH]c3ccccc23)[C@H]2c3ccccc3C(=O)N21)C(=O)NCCc1ccc(OC)cc1. The average molecular weight is 565 g/mol. The van der Waals surface area contributed by atoms with Crippen LogP contribution in [0.1, 0.15) is 59.1 Å². The summed E-state index contributed by atoms with van der Waals surface area (Å²) in [6.45, 7) is 4.41. The third-order valence-electron chi connectivity index (χ3n) is 8.82. The number of H-pyrrole nitrogens is 1. The lowest BCUT2D eigenvalue weighted by Crippen LogP contribution is -2.58. The molecule has 3 heterocycles. The van der Waals surface area contributed by atoms with Crippen LogP contribution in [-0.4, -0.2) is 53.3 Å². The summed E-state index contributed by atoms with van der Waals surface area (Å²) >= 11 is 0.